The number of aromatic nitrogens is 2. The Balaban J connectivity index is 1.58. The monoisotopic (exact) mass is 326 g/mol. The zero-order chi connectivity index (χ0) is 15.8. The van der Waals surface area contributed by atoms with Crippen LogP contribution in [0.3, 0.4) is 0 Å². The summed E-state index contributed by atoms with van der Waals surface area (Å²) in [7, 11) is 2.20. The van der Waals surface area contributed by atoms with Crippen molar-refractivity contribution >= 4 is 11.3 Å². The lowest BCUT2D eigenvalue weighted by atomic mass is 10.0. The summed E-state index contributed by atoms with van der Waals surface area (Å²) in [5.74, 6) is 1.26. The first kappa shape index (κ1) is 14.9. The molecule has 2 aromatic heterocycles. The van der Waals surface area contributed by atoms with Gasteiger partial charge in [-0.25, -0.2) is 4.98 Å². The lowest BCUT2D eigenvalue weighted by molar-refractivity contribution is 0.238. The number of fused-ring (bicyclic) bond motifs is 1. The van der Waals surface area contributed by atoms with E-state index in [1.807, 2.05) is 11.4 Å². The Hall–Kier alpha value is -1.64. The zero-order valence-electron chi connectivity index (χ0n) is 13.6. The first-order chi connectivity index (χ1) is 11.3. The Kier molecular flexibility index (Phi) is 3.96. The van der Waals surface area contributed by atoms with Crippen LogP contribution < -0.4 is 0 Å². The molecule has 2 aromatic rings. The number of hydrogen-bond acceptors (Lipinski definition) is 4. The van der Waals surface area contributed by atoms with E-state index >= 15 is 0 Å². The van der Waals surface area contributed by atoms with E-state index in [4.69, 9.17) is 10.2 Å². The van der Waals surface area contributed by atoms with Crippen molar-refractivity contribution in [2.45, 2.75) is 51.1 Å². The normalized spacial score (nSPS) is 21.3. The molecule has 120 valence electrons. The number of nitriles is 1. The van der Waals surface area contributed by atoms with E-state index in [1.54, 1.807) is 11.3 Å². The molecule has 0 N–H and O–H groups in total. The minimum atomic E-state index is 0.429. The summed E-state index contributed by atoms with van der Waals surface area (Å²) < 4.78 is 2.37. The summed E-state index contributed by atoms with van der Waals surface area (Å²) in [5.41, 5.74) is 3.58. The number of imidazole rings is 1. The number of thiophene rings is 1. The summed E-state index contributed by atoms with van der Waals surface area (Å²) in [6, 6.07) is 4.69. The lowest BCUT2D eigenvalue weighted by Crippen LogP contribution is -2.24. The molecule has 5 heteroatoms. The molecule has 0 amide bonds. The van der Waals surface area contributed by atoms with Crippen molar-refractivity contribution in [1.82, 2.24) is 14.5 Å². The molecule has 0 radical (unpaired) electrons. The second-order valence-corrected chi connectivity index (χ2v) is 7.67. The van der Waals surface area contributed by atoms with Crippen LogP contribution in [0.25, 0.3) is 0 Å². The van der Waals surface area contributed by atoms with Crippen LogP contribution in [0.1, 0.15) is 59.4 Å². The second kappa shape index (κ2) is 6.10. The van der Waals surface area contributed by atoms with Crippen LogP contribution in [-0.2, 0) is 26.4 Å². The van der Waals surface area contributed by atoms with Crippen molar-refractivity contribution in [1.29, 1.82) is 5.26 Å². The van der Waals surface area contributed by atoms with Crippen molar-refractivity contribution in [3.05, 3.63) is 39.1 Å². The lowest BCUT2D eigenvalue weighted by Gasteiger charge is -2.23. The van der Waals surface area contributed by atoms with Crippen LogP contribution in [0.15, 0.2) is 11.4 Å². The zero-order valence-corrected chi connectivity index (χ0v) is 14.4. The summed E-state index contributed by atoms with van der Waals surface area (Å²) >= 11 is 1.70. The summed E-state index contributed by atoms with van der Waals surface area (Å²) in [6.07, 6.45) is 7.34. The number of rotatable bonds is 3. The fourth-order valence-corrected chi connectivity index (χ4v) is 4.87. The quantitative estimate of drug-likeness (QED) is 0.866. The Bertz CT molecular complexity index is 752. The van der Waals surface area contributed by atoms with Gasteiger partial charge in [0.15, 0.2) is 0 Å². The molecular formula is C18H22N4S. The maximum absolute atomic E-state index is 9.00. The summed E-state index contributed by atoms with van der Waals surface area (Å²) in [5, 5.41) is 11.0. The van der Waals surface area contributed by atoms with Gasteiger partial charge in [0, 0.05) is 29.5 Å². The van der Waals surface area contributed by atoms with Gasteiger partial charge in [0.2, 0.25) is 0 Å². The van der Waals surface area contributed by atoms with Gasteiger partial charge in [-0.15, -0.1) is 11.3 Å². The maximum Gasteiger partial charge on any atom is 0.126 e. The Morgan fingerprint density at radius 2 is 2.22 bits per heavy atom. The maximum atomic E-state index is 9.00. The number of aryl methyl sites for hydroxylation is 1. The van der Waals surface area contributed by atoms with E-state index in [9.17, 15) is 0 Å². The third-order valence-electron chi connectivity index (χ3n) is 5.21. The molecule has 0 bridgehead atoms. The predicted molar refractivity (Wildman–Crippen MR) is 91.3 cm³/mol. The molecule has 1 fully saturated rings. The van der Waals surface area contributed by atoms with Gasteiger partial charge in [-0.1, -0.05) is 0 Å². The summed E-state index contributed by atoms with van der Waals surface area (Å²) in [4.78, 5) is 8.84. The number of nitrogens with zero attached hydrogens (tertiary/aromatic N) is 4. The van der Waals surface area contributed by atoms with Crippen LogP contribution in [0.2, 0.25) is 0 Å². The van der Waals surface area contributed by atoms with Gasteiger partial charge in [-0.05, 0) is 51.1 Å². The molecule has 23 heavy (non-hydrogen) atoms. The topological polar surface area (TPSA) is 44.9 Å². The molecule has 4 rings (SSSR count). The molecule has 0 saturated carbocycles. The highest BCUT2D eigenvalue weighted by atomic mass is 32.1. The molecule has 2 aliphatic rings. The number of hydrogen-bond donors (Lipinski definition) is 0. The SMILES string of the molecule is Cn1c(C2CCCN2Cc2cc(C#N)cs2)nc2c1CCCC2. The van der Waals surface area contributed by atoms with E-state index in [0.717, 1.165) is 25.1 Å². The van der Waals surface area contributed by atoms with Crippen LogP contribution >= 0.6 is 11.3 Å². The van der Waals surface area contributed by atoms with Gasteiger partial charge >= 0.3 is 0 Å². The van der Waals surface area contributed by atoms with Gasteiger partial charge in [-0.2, -0.15) is 5.26 Å². The van der Waals surface area contributed by atoms with Crippen molar-refractivity contribution in [3.8, 4) is 6.07 Å². The highest BCUT2D eigenvalue weighted by Crippen LogP contribution is 2.35. The molecule has 4 nitrogen and oxygen atoms in total. The molecule has 3 heterocycles. The minimum Gasteiger partial charge on any atom is -0.334 e. The van der Waals surface area contributed by atoms with Gasteiger partial charge in [0.25, 0.3) is 0 Å². The fourth-order valence-electron chi connectivity index (χ4n) is 4.03. The third kappa shape index (κ3) is 2.71. The standard InChI is InChI=1S/C18H22N4S/c1-21-16-6-3-2-5-15(16)20-18(21)17-7-4-8-22(17)11-14-9-13(10-19)12-23-14/h9,12,17H,2-8,11H2,1H3. The first-order valence-corrected chi connectivity index (χ1v) is 9.40. The van der Waals surface area contributed by atoms with Crippen molar-refractivity contribution in [2.24, 2.45) is 7.05 Å². The molecule has 1 saturated heterocycles. The summed E-state index contributed by atoms with van der Waals surface area (Å²) in [6.45, 7) is 2.07. The van der Waals surface area contributed by atoms with Crippen LogP contribution in [-0.4, -0.2) is 21.0 Å². The molecule has 0 spiro atoms. The van der Waals surface area contributed by atoms with Crippen LogP contribution in [0.4, 0.5) is 0 Å². The average molecular weight is 326 g/mol. The third-order valence-corrected chi connectivity index (χ3v) is 6.13. The Morgan fingerprint density at radius 3 is 3.00 bits per heavy atom. The minimum absolute atomic E-state index is 0.429. The van der Waals surface area contributed by atoms with Crippen LogP contribution in [0, 0.1) is 11.3 Å². The molecule has 0 aromatic carbocycles. The Labute approximate surface area is 141 Å². The second-order valence-electron chi connectivity index (χ2n) is 6.67. The van der Waals surface area contributed by atoms with E-state index in [1.165, 1.54) is 54.2 Å². The largest absolute Gasteiger partial charge is 0.334 e. The van der Waals surface area contributed by atoms with Gasteiger partial charge < -0.3 is 4.57 Å². The van der Waals surface area contributed by atoms with Gasteiger partial charge in [0.1, 0.15) is 11.9 Å². The van der Waals surface area contributed by atoms with E-state index < -0.39 is 0 Å². The predicted octanol–water partition coefficient (Wildman–Crippen LogP) is 3.57. The first-order valence-electron chi connectivity index (χ1n) is 8.52. The van der Waals surface area contributed by atoms with Crippen molar-refractivity contribution < 1.29 is 0 Å². The molecule has 1 atom stereocenters. The average Bonchev–Trinajstić information content (AvgIpc) is 3.28. The molecule has 1 unspecified atom stereocenters. The molecule has 1 aliphatic heterocycles. The van der Waals surface area contributed by atoms with Crippen LogP contribution in [0.5, 0.6) is 0 Å². The van der Waals surface area contributed by atoms with E-state index in [0.29, 0.717) is 6.04 Å². The Morgan fingerprint density at radius 1 is 1.35 bits per heavy atom. The fraction of sp³-hybridized carbons (Fsp3) is 0.556. The van der Waals surface area contributed by atoms with Crippen molar-refractivity contribution in [2.75, 3.05) is 6.54 Å². The highest BCUT2D eigenvalue weighted by Gasteiger charge is 2.31. The van der Waals surface area contributed by atoms with Gasteiger partial charge in [-0.3, -0.25) is 4.90 Å². The van der Waals surface area contributed by atoms with E-state index in [2.05, 4.69) is 22.6 Å². The molecular weight excluding hydrogens is 304 g/mol. The highest BCUT2D eigenvalue weighted by molar-refractivity contribution is 7.10. The van der Waals surface area contributed by atoms with E-state index in [-0.39, 0.29) is 0 Å². The molecule has 1 aliphatic carbocycles. The smallest absolute Gasteiger partial charge is 0.126 e. The number of likely N-dealkylation sites (tertiary alicyclic amines) is 1. The van der Waals surface area contributed by atoms with Crippen molar-refractivity contribution in [3.63, 3.8) is 0 Å². The van der Waals surface area contributed by atoms with Gasteiger partial charge in [0.05, 0.1) is 17.3 Å².